The first-order valence-electron chi connectivity index (χ1n) is 19.5. The lowest BCUT2D eigenvalue weighted by molar-refractivity contribution is 0.666. The zero-order chi connectivity index (χ0) is 37.6. The highest BCUT2D eigenvalue weighted by atomic mass is 15.1. The number of hydrogen-bond donors (Lipinski definition) is 0. The monoisotopic (exact) mass is 715 g/mol. The predicted molar refractivity (Wildman–Crippen MR) is 238 cm³/mol. The maximum Gasteiger partial charge on any atom is 0.0462 e. The highest BCUT2D eigenvalue weighted by Gasteiger charge is 2.39. The van der Waals surface area contributed by atoms with E-state index in [9.17, 15) is 0 Å². The molecule has 9 aromatic rings. The summed E-state index contributed by atoms with van der Waals surface area (Å²) in [6.07, 6.45) is 0. The third-order valence-electron chi connectivity index (χ3n) is 11.7. The maximum absolute atomic E-state index is 2.39. The highest BCUT2D eigenvalue weighted by molar-refractivity contribution is 6.14. The minimum Gasteiger partial charge on any atom is -0.311 e. The molecule has 1 nitrogen and oxygen atoms in total. The van der Waals surface area contributed by atoms with Gasteiger partial charge in [-0.3, -0.25) is 0 Å². The van der Waals surface area contributed by atoms with E-state index in [2.05, 4.69) is 231 Å². The molecule has 0 aliphatic heterocycles. The molecular weight excluding hydrogens is 675 g/mol. The van der Waals surface area contributed by atoms with Crippen molar-refractivity contribution < 1.29 is 0 Å². The van der Waals surface area contributed by atoms with Gasteiger partial charge < -0.3 is 4.90 Å². The van der Waals surface area contributed by atoms with Gasteiger partial charge in [0.05, 0.1) is 0 Å². The standard InChI is InChI=1S/C55H41N/c1-55(2)50-25-15-14-24-49(50)53-52(42-20-10-5-11-21-42)51(47-22-12-13-23-48(47)54(53)55)43-30-36-46(37-31-43)56(44-32-26-40(27-33-44)38-16-6-3-7-17-38)45-34-28-41(29-35-45)39-18-8-4-9-19-39/h3-37H,1-2H3. The lowest BCUT2D eigenvalue weighted by Crippen LogP contribution is -2.15. The van der Waals surface area contributed by atoms with E-state index < -0.39 is 0 Å². The van der Waals surface area contributed by atoms with Crippen molar-refractivity contribution in [2.45, 2.75) is 19.3 Å². The van der Waals surface area contributed by atoms with E-state index in [-0.39, 0.29) is 5.41 Å². The number of anilines is 3. The van der Waals surface area contributed by atoms with Crippen molar-refractivity contribution in [3.63, 3.8) is 0 Å². The van der Waals surface area contributed by atoms with Crippen LogP contribution in [-0.4, -0.2) is 0 Å². The summed E-state index contributed by atoms with van der Waals surface area (Å²) in [5.41, 5.74) is 18.5. The van der Waals surface area contributed by atoms with Gasteiger partial charge in [0.1, 0.15) is 0 Å². The molecule has 0 saturated carbocycles. The Balaban J connectivity index is 1.15. The minimum absolute atomic E-state index is 0.135. The van der Waals surface area contributed by atoms with E-state index in [1.54, 1.807) is 0 Å². The summed E-state index contributed by atoms with van der Waals surface area (Å²) in [7, 11) is 0. The van der Waals surface area contributed by atoms with Crippen LogP contribution >= 0.6 is 0 Å². The number of benzene rings is 9. The molecule has 56 heavy (non-hydrogen) atoms. The molecule has 9 aromatic carbocycles. The molecule has 0 amide bonds. The van der Waals surface area contributed by atoms with Crippen molar-refractivity contribution in [2.75, 3.05) is 4.90 Å². The second-order valence-corrected chi connectivity index (χ2v) is 15.3. The molecule has 0 unspecified atom stereocenters. The smallest absolute Gasteiger partial charge is 0.0462 e. The Kier molecular flexibility index (Phi) is 8.23. The fourth-order valence-electron chi connectivity index (χ4n) is 9.02. The Bertz CT molecular complexity index is 2740. The highest BCUT2D eigenvalue weighted by Crippen LogP contribution is 2.58. The summed E-state index contributed by atoms with van der Waals surface area (Å²) < 4.78 is 0. The molecule has 1 aliphatic carbocycles. The van der Waals surface area contributed by atoms with Crippen LogP contribution in [0, 0.1) is 0 Å². The van der Waals surface area contributed by atoms with Gasteiger partial charge in [0.25, 0.3) is 0 Å². The summed E-state index contributed by atoms with van der Waals surface area (Å²) in [6, 6.07) is 77.3. The molecule has 1 aliphatic rings. The predicted octanol–water partition coefficient (Wildman–Crippen LogP) is 15.3. The van der Waals surface area contributed by atoms with E-state index in [0.29, 0.717) is 0 Å². The van der Waals surface area contributed by atoms with Crippen molar-refractivity contribution in [2.24, 2.45) is 0 Å². The summed E-state index contributed by atoms with van der Waals surface area (Å²) >= 11 is 0. The SMILES string of the molecule is CC1(C)c2ccccc2-c2c(-c3ccccc3)c(-c3ccc(N(c4ccc(-c5ccccc5)cc4)c4ccc(-c5ccccc5)cc4)cc3)c3ccccc3c21. The van der Waals surface area contributed by atoms with Gasteiger partial charge in [-0.1, -0.05) is 190 Å². The first-order valence-corrected chi connectivity index (χ1v) is 19.5. The number of nitrogens with zero attached hydrogens (tertiary/aromatic N) is 1. The average molecular weight is 716 g/mol. The van der Waals surface area contributed by atoms with Gasteiger partial charge in [-0.15, -0.1) is 0 Å². The molecule has 0 atom stereocenters. The molecule has 1 heteroatoms. The fraction of sp³-hybridized carbons (Fsp3) is 0.0545. The molecular formula is C55H41N. The van der Waals surface area contributed by atoms with Crippen molar-refractivity contribution in [1.82, 2.24) is 0 Å². The molecule has 0 N–H and O–H groups in total. The van der Waals surface area contributed by atoms with Crippen molar-refractivity contribution >= 4 is 27.8 Å². The molecule has 0 bridgehead atoms. The third-order valence-corrected chi connectivity index (χ3v) is 11.7. The quantitative estimate of drug-likeness (QED) is 0.159. The largest absolute Gasteiger partial charge is 0.311 e. The number of fused-ring (bicyclic) bond motifs is 5. The maximum atomic E-state index is 2.39. The van der Waals surface area contributed by atoms with Crippen molar-refractivity contribution in [3.05, 3.63) is 223 Å². The van der Waals surface area contributed by atoms with Crippen LogP contribution in [0.4, 0.5) is 17.1 Å². The van der Waals surface area contributed by atoms with Crippen LogP contribution in [-0.2, 0) is 5.41 Å². The fourth-order valence-corrected chi connectivity index (χ4v) is 9.02. The Morgan fingerprint density at radius 1 is 0.304 bits per heavy atom. The Labute approximate surface area is 329 Å². The molecule has 10 rings (SSSR count). The molecule has 266 valence electrons. The van der Waals surface area contributed by atoms with Crippen molar-refractivity contribution in [3.8, 4) is 55.6 Å². The van der Waals surface area contributed by atoms with Crippen molar-refractivity contribution in [1.29, 1.82) is 0 Å². The molecule has 0 heterocycles. The Hall–Kier alpha value is -6.96. The number of rotatable bonds is 7. The van der Waals surface area contributed by atoms with E-state index in [4.69, 9.17) is 0 Å². The lowest BCUT2D eigenvalue weighted by atomic mass is 9.77. The zero-order valence-corrected chi connectivity index (χ0v) is 31.7. The van der Waals surface area contributed by atoms with Gasteiger partial charge in [-0.25, -0.2) is 0 Å². The molecule has 0 saturated heterocycles. The van der Waals surface area contributed by atoms with Crippen LogP contribution in [0.5, 0.6) is 0 Å². The lowest BCUT2D eigenvalue weighted by Gasteiger charge is -2.27. The van der Waals surface area contributed by atoms with Crippen LogP contribution in [0.15, 0.2) is 212 Å². The number of hydrogen-bond acceptors (Lipinski definition) is 1. The van der Waals surface area contributed by atoms with Gasteiger partial charge in [0.15, 0.2) is 0 Å². The summed E-state index contributed by atoms with van der Waals surface area (Å²) in [4.78, 5) is 2.37. The van der Waals surface area contributed by atoms with Crippen LogP contribution in [0.2, 0.25) is 0 Å². The van der Waals surface area contributed by atoms with E-state index in [0.717, 1.165) is 17.1 Å². The normalized spacial score (nSPS) is 12.6. The topological polar surface area (TPSA) is 3.24 Å². The Morgan fingerprint density at radius 3 is 1.20 bits per heavy atom. The van der Waals surface area contributed by atoms with Gasteiger partial charge >= 0.3 is 0 Å². The summed E-state index contributed by atoms with van der Waals surface area (Å²) in [5, 5.41) is 2.60. The van der Waals surface area contributed by atoms with Gasteiger partial charge in [-0.05, 0) is 114 Å². The first kappa shape index (κ1) is 33.6. The summed E-state index contributed by atoms with van der Waals surface area (Å²) in [5.74, 6) is 0. The molecule has 0 radical (unpaired) electrons. The first-order chi connectivity index (χ1) is 27.6. The van der Waals surface area contributed by atoms with E-state index in [1.807, 2.05) is 0 Å². The second-order valence-electron chi connectivity index (χ2n) is 15.3. The van der Waals surface area contributed by atoms with Crippen LogP contribution < -0.4 is 4.90 Å². The van der Waals surface area contributed by atoms with Crippen LogP contribution in [0.1, 0.15) is 25.0 Å². The minimum atomic E-state index is -0.135. The molecule has 0 aromatic heterocycles. The second kappa shape index (κ2) is 13.7. The van der Waals surface area contributed by atoms with Crippen LogP contribution in [0.25, 0.3) is 66.4 Å². The van der Waals surface area contributed by atoms with Gasteiger partial charge in [0, 0.05) is 22.5 Å². The van der Waals surface area contributed by atoms with Gasteiger partial charge in [0.2, 0.25) is 0 Å². The summed E-state index contributed by atoms with van der Waals surface area (Å²) in [6.45, 7) is 4.78. The molecule has 0 spiro atoms. The van der Waals surface area contributed by atoms with Gasteiger partial charge in [-0.2, -0.15) is 0 Å². The van der Waals surface area contributed by atoms with E-state index in [1.165, 1.54) is 77.5 Å². The van der Waals surface area contributed by atoms with Crippen LogP contribution in [0.3, 0.4) is 0 Å². The zero-order valence-electron chi connectivity index (χ0n) is 31.7. The van der Waals surface area contributed by atoms with E-state index >= 15 is 0 Å². The molecule has 0 fully saturated rings. The Morgan fingerprint density at radius 2 is 0.679 bits per heavy atom. The third kappa shape index (κ3) is 5.63. The average Bonchev–Trinajstić information content (AvgIpc) is 3.51.